The summed E-state index contributed by atoms with van der Waals surface area (Å²) >= 11 is 1.74. The third-order valence-corrected chi connectivity index (χ3v) is 5.80. The zero-order chi connectivity index (χ0) is 19.1. The summed E-state index contributed by atoms with van der Waals surface area (Å²) in [5, 5.41) is 2.08. The summed E-state index contributed by atoms with van der Waals surface area (Å²) in [5.74, 6) is 1.66. The largest absolute Gasteiger partial charge is 0.477 e. The molecule has 1 aromatic carbocycles. The number of ketones is 1. The van der Waals surface area contributed by atoms with Crippen LogP contribution >= 0.6 is 11.3 Å². The van der Waals surface area contributed by atoms with E-state index >= 15 is 0 Å². The first-order valence-electron chi connectivity index (χ1n) is 9.07. The summed E-state index contributed by atoms with van der Waals surface area (Å²) in [7, 11) is 0. The molecule has 0 unspecified atom stereocenters. The molecule has 4 heterocycles. The Morgan fingerprint density at radius 3 is 3.00 bits per heavy atom. The van der Waals surface area contributed by atoms with Gasteiger partial charge in [0.15, 0.2) is 5.76 Å². The molecule has 28 heavy (non-hydrogen) atoms. The lowest BCUT2D eigenvalue weighted by atomic mass is 10.00. The molecule has 2 aliphatic heterocycles. The van der Waals surface area contributed by atoms with Crippen molar-refractivity contribution in [2.45, 2.75) is 20.0 Å². The lowest BCUT2D eigenvalue weighted by molar-refractivity contribution is 0.0886. The molecule has 5 rings (SSSR count). The van der Waals surface area contributed by atoms with Gasteiger partial charge in [-0.1, -0.05) is 12.1 Å². The molecule has 0 aliphatic carbocycles. The zero-order valence-corrected chi connectivity index (χ0v) is 16.2. The maximum Gasteiger partial charge on any atom is 0.231 e. The number of Topliss-reactive ketones (excluding diaryl/α,β-unsaturated/α-hetero) is 1. The molecule has 0 saturated heterocycles. The standard InChI is InChI=1S/C22H18N2O3S/c1-14-21-16(11-24(13-26-21)12-17-5-3-7-28-17)9-18-20(25)19(27-22(14)18)8-15-4-2-6-23-10-15/h2-10H,11-13H2,1H3/b19-8-. The number of hydrogen-bond donors (Lipinski definition) is 0. The van der Waals surface area contributed by atoms with Crippen molar-refractivity contribution in [2.24, 2.45) is 0 Å². The Balaban J connectivity index is 1.45. The minimum atomic E-state index is -0.0971. The van der Waals surface area contributed by atoms with Gasteiger partial charge in [-0.2, -0.15) is 0 Å². The number of hydrogen-bond acceptors (Lipinski definition) is 6. The normalized spacial score (nSPS) is 17.2. The topological polar surface area (TPSA) is 51.7 Å². The maximum atomic E-state index is 12.9. The third kappa shape index (κ3) is 3.00. The van der Waals surface area contributed by atoms with Crippen molar-refractivity contribution in [2.75, 3.05) is 6.73 Å². The first-order valence-corrected chi connectivity index (χ1v) is 9.95. The highest BCUT2D eigenvalue weighted by Gasteiger charge is 2.33. The number of ether oxygens (including phenoxy) is 2. The van der Waals surface area contributed by atoms with Crippen LogP contribution in [0.2, 0.25) is 0 Å². The van der Waals surface area contributed by atoms with Crippen molar-refractivity contribution >= 4 is 23.2 Å². The van der Waals surface area contributed by atoms with Crippen molar-refractivity contribution in [3.63, 3.8) is 0 Å². The number of nitrogens with zero attached hydrogens (tertiary/aromatic N) is 2. The molecule has 0 amide bonds. The smallest absolute Gasteiger partial charge is 0.231 e. The van der Waals surface area contributed by atoms with E-state index in [-0.39, 0.29) is 5.78 Å². The molecule has 0 saturated carbocycles. The highest BCUT2D eigenvalue weighted by atomic mass is 32.1. The second kappa shape index (κ2) is 6.89. The Morgan fingerprint density at radius 1 is 1.29 bits per heavy atom. The predicted molar refractivity (Wildman–Crippen MR) is 107 cm³/mol. The van der Waals surface area contributed by atoms with Crippen molar-refractivity contribution < 1.29 is 14.3 Å². The first kappa shape index (κ1) is 17.2. The van der Waals surface area contributed by atoms with Crippen LogP contribution in [0.5, 0.6) is 11.5 Å². The fourth-order valence-electron chi connectivity index (χ4n) is 3.63. The van der Waals surface area contributed by atoms with Crippen LogP contribution in [0.15, 0.2) is 53.9 Å². The van der Waals surface area contributed by atoms with Gasteiger partial charge in [0.25, 0.3) is 0 Å². The number of rotatable bonds is 3. The summed E-state index contributed by atoms with van der Waals surface area (Å²) in [6.07, 6.45) is 5.14. The van der Waals surface area contributed by atoms with Crippen LogP contribution < -0.4 is 9.47 Å². The Hall–Kier alpha value is -2.96. The number of thiophene rings is 1. The van der Waals surface area contributed by atoms with Gasteiger partial charge >= 0.3 is 0 Å². The summed E-state index contributed by atoms with van der Waals surface area (Å²) in [6, 6.07) is 9.83. The maximum absolute atomic E-state index is 12.9. The highest BCUT2D eigenvalue weighted by Crippen LogP contribution is 2.43. The van der Waals surface area contributed by atoms with Gasteiger partial charge in [0.1, 0.15) is 18.2 Å². The van der Waals surface area contributed by atoms with E-state index in [1.54, 1.807) is 29.8 Å². The molecular formula is C22H18N2O3S. The molecule has 2 aromatic heterocycles. The molecule has 5 nitrogen and oxygen atoms in total. The van der Waals surface area contributed by atoms with Crippen LogP contribution in [-0.4, -0.2) is 22.4 Å². The average Bonchev–Trinajstić information content (AvgIpc) is 3.32. The molecule has 140 valence electrons. The van der Waals surface area contributed by atoms with Gasteiger partial charge in [-0.25, -0.2) is 0 Å². The minimum absolute atomic E-state index is 0.0971. The Kier molecular flexibility index (Phi) is 4.22. The molecule has 2 aliphatic rings. The lowest BCUT2D eigenvalue weighted by Crippen LogP contribution is -2.31. The molecule has 0 fully saturated rings. The van der Waals surface area contributed by atoms with Crippen LogP contribution in [0.3, 0.4) is 0 Å². The van der Waals surface area contributed by atoms with Gasteiger partial charge in [0.2, 0.25) is 5.78 Å². The molecular weight excluding hydrogens is 372 g/mol. The van der Waals surface area contributed by atoms with E-state index in [2.05, 4.69) is 27.4 Å². The van der Waals surface area contributed by atoms with Gasteiger partial charge in [0.05, 0.1) is 5.56 Å². The van der Waals surface area contributed by atoms with E-state index in [9.17, 15) is 4.79 Å². The second-order valence-electron chi connectivity index (χ2n) is 6.93. The van der Waals surface area contributed by atoms with Crippen LogP contribution in [0.1, 0.15) is 31.9 Å². The minimum Gasteiger partial charge on any atom is -0.477 e. The van der Waals surface area contributed by atoms with E-state index in [4.69, 9.17) is 9.47 Å². The van der Waals surface area contributed by atoms with Crippen molar-refractivity contribution in [3.8, 4) is 11.5 Å². The van der Waals surface area contributed by atoms with E-state index in [1.807, 2.05) is 25.1 Å². The van der Waals surface area contributed by atoms with E-state index < -0.39 is 0 Å². The van der Waals surface area contributed by atoms with E-state index in [0.717, 1.165) is 35.5 Å². The van der Waals surface area contributed by atoms with Crippen LogP contribution in [0.4, 0.5) is 0 Å². The quantitative estimate of drug-likeness (QED) is 0.620. The lowest BCUT2D eigenvalue weighted by Gasteiger charge is -2.30. The van der Waals surface area contributed by atoms with Crippen LogP contribution in [0.25, 0.3) is 6.08 Å². The SMILES string of the molecule is Cc1c2c(cc3c1O/C(=C\c1cccnc1)C3=O)CN(Cc1cccs1)CO2. The molecule has 0 atom stereocenters. The first-order chi connectivity index (χ1) is 13.7. The van der Waals surface area contributed by atoms with Crippen molar-refractivity contribution in [1.29, 1.82) is 0 Å². The van der Waals surface area contributed by atoms with Gasteiger partial charge < -0.3 is 9.47 Å². The summed E-state index contributed by atoms with van der Waals surface area (Å²) in [6.45, 7) is 4.06. The van der Waals surface area contributed by atoms with Crippen LogP contribution in [0, 0.1) is 6.92 Å². The Morgan fingerprint density at radius 2 is 2.21 bits per heavy atom. The van der Waals surface area contributed by atoms with Gasteiger partial charge in [-0.15, -0.1) is 11.3 Å². The number of carbonyl (C=O) groups excluding carboxylic acids is 1. The van der Waals surface area contributed by atoms with Gasteiger partial charge in [0, 0.05) is 41.5 Å². The van der Waals surface area contributed by atoms with Crippen molar-refractivity contribution in [3.05, 3.63) is 81.0 Å². The molecule has 0 radical (unpaired) electrons. The van der Waals surface area contributed by atoms with Crippen LogP contribution in [-0.2, 0) is 13.1 Å². The summed E-state index contributed by atoms with van der Waals surface area (Å²) in [4.78, 5) is 20.5. The van der Waals surface area contributed by atoms with Gasteiger partial charge in [-0.3, -0.25) is 14.7 Å². The monoisotopic (exact) mass is 390 g/mol. The fourth-order valence-corrected chi connectivity index (χ4v) is 4.38. The molecule has 6 heteroatoms. The number of pyridine rings is 1. The number of aromatic nitrogens is 1. The highest BCUT2D eigenvalue weighted by molar-refractivity contribution is 7.09. The average molecular weight is 390 g/mol. The van der Waals surface area contributed by atoms with Gasteiger partial charge in [-0.05, 0) is 42.1 Å². The molecule has 0 bridgehead atoms. The summed E-state index contributed by atoms with van der Waals surface area (Å²) in [5.41, 5.74) is 3.34. The number of fused-ring (bicyclic) bond motifs is 2. The molecule has 0 spiro atoms. The number of allylic oxidation sites excluding steroid dienone is 1. The number of carbonyl (C=O) groups is 1. The Labute approximate surface area is 166 Å². The number of benzene rings is 1. The zero-order valence-electron chi connectivity index (χ0n) is 15.3. The second-order valence-corrected chi connectivity index (χ2v) is 7.96. The van der Waals surface area contributed by atoms with E-state index in [1.165, 1.54) is 4.88 Å². The molecule has 3 aromatic rings. The Bertz CT molecular complexity index is 1070. The third-order valence-electron chi connectivity index (χ3n) is 4.94. The fraction of sp³-hybridized carbons (Fsp3) is 0.182. The van der Waals surface area contributed by atoms with Crippen molar-refractivity contribution in [1.82, 2.24) is 9.88 Å². The predicted octanol–water partition coefficient (Wildman–Crippen LogP) is 4.42. The summed E-state index contributed by atoms with van der Waals surface area (Å²) < 4.78 is 12.0. The van der Waals surface area contributed by atoms with E-state index in [0.29, 0.717) is 23.8 Å². The molecule has 0 N–H and O–H groups in total.